The minimum absolute atomic E-state index is 0.191. The van der Waals surface area contributed by atoms with E-state index in [1.807, 2.05) is 0 Å². The minimum atomic E-state index is -1.13. The summed E-state index contributed by atoms with van der Waals surface area (Å²) in [5, 5.41) is 7.27. The van der Waals surface area contributed by atoms with E-state index in [-0.39, 0.29) is 18.2 Å². The number of anilines is 1. The monoisotopic (exact) mass is 471 g/mol. The molecule has 10 nitrogen and oxygen atoms in total. The van der Waals surface area contributed by atoms with Crippen LogP contribution in [0.25, 0.3) is 5.78 Å². The van der Waals surface area contributed by atoms with Crippen molar-refractivity contribution in [3.8, 4) is 0 Å². The highest BCUT2D eigenvalue weighted by Crippen LogP contribution is 2.40. The molecule has 4 rings (SSSR count). The van der Waals surface area contributed by atoms with Gasteiger partial charge in [-0.15, -0.1) is 16.4 Å². The van der Waals surface area contributed by atoms with Gasteiger partial charge in [0, 0.05) is 16.8 Å². The van der Waals surface area contributed by atoms with Gasteiger partial charge in [0.1, 0.15) is 5.00 Å². The summed E-state index contributed by atoms with van der Waals surface area (Å²) < 4.78 is 11.9. The number of nitrogens with one attached hydrogen (secondary N) is 1. The fourth-order valence-corrected chi connectivity index (χ4v) is 5.13. The van der Waals surface area contributed by atoms with Gasteiger partial charge in [-0.3, -0.25) is 4.79 Å². The van der Waals surface area contributed by atoms with Crippen molar-refractivity contribution in [3.05, 3.63) is 39.8 Å². The Balaban J connectivity index is 1.50. The lowest BCUT2D eigenvalue weighted by molar-refractivity contribution is -0.123. The van der Waals surface area contributed by atoms with Crippen molar-refractivity contribution < 1.29 is 23.9 Å². The molecule has 0 spiro atoms. The molecule has 3 aromatic heterocycles. The van der Waals surface area contributed by atoms with Crippen LogP contribution in [-0.4, -0.2) is 50.1 Å². The van der Waals surface area contributed by atoms with Crippen LogP contribution in [0.15, 0.2) is 12.3 Å². The Labute approximate surface area is 194 Å². The summed E-state index contributed by atoms with van der Waals surface area (Å²) >= 11 is 1.38. The number of esters is 2. The van der Waals surface area contributed by atoms with E-state index in [1.165, 1.54) is 22.8 Å². The smallest absolute Gasteiger partial charge is 0.379 e. The first-order chi connectivity index (χ1) is 15.8. The summed E-state index contributed by atoms with van der Waals surface area (Å²) in [7, 11) is 0. The highest BCUT2D eigenvalue weighted by Gasteiger charge is 2.30. The van der Waals surface area contributed by atoms with Gasteiger partial charge in [-0.1, -0.05) is 6.92 Å². The maximum atomic E-state index is 12.8. The zero-order valence-corrected chi connectivity index (χ0v) is 19.7. The Kier molecular flexibility index (Phi) is 6.41. The number of carbonyl (C=O) groups excluding carboxylic acids is 3. The molecule has 33 heavy (non-hydrogen) atoms. The quantitative estimate of drug-likeness (QED) is 0.544. The number of rotatable bonds is 6. The van der Waals surface area contributed by atoms with E-state index in [4.69, 9.17) is 9.47 Å². The molecule has 0 saturated heterocycles. The Hall–Kier alpha value is -3.34. The lowest BCUT2D eigenvalue weighted by Crippen LogP contribution is -2.30. The molecule has 0 fully saturated rings. The minimum Gasteiger partial charge on any atom is -0.462 e. The number of ether oxygens (including phenoxy) is 2. The average Bonchev–Trinajstić information content (AvgIpc) is 3.35. The lowest BCUT2D eigenvalue weighted by atomic mass is 9.88. The standard InChI is InChI=1S/C22H25N5O5S/c1-5-31-20(29)16-14-7-6-11(2)10-15(14)33-19(16)25-18(28)13(4)32-21(30)17-24-22-23-9-8-12(3)27(22)26-17/h8-9,11,13H,5-7,10H2,1-4H3,(H,25,28)/t11-,13+/m0/s1. The number of amides is 1. The zero-order valence-electron chi connectivity index (χ0n) is 18.9. The number of hydrogen-bond donors (Lipinski definition) is 1. The first-order valence-corrected chi connectivity index (χ1v) is 11.6. The third-order valence-electron chi connectivity index (χ3n) is 5.49. The number of carbonyl (C=O) groups is 3. The maximum absolute atomic E-state index is 12.8. The molecule has 3 aromatic rings. The van der Waals surface area contributed by atoms with Crippen molar-refractivity contribution >= 4 is 40.0 Å². The fourth-order valence-electron chi connectivity index (χ4n) is 3.73. The Morgan fingerprint density at radius 1 is 1.33 bits per heavy atom. The Bertz CT molecular complexity index is 1230. The molecule has 1 N–H and O–H groups in total. The molecular formula is C22H25N5O5S. The van der Waals surface area contributed by atoms with Crippen molar-refractivity contribution in [2.24, 2.45) is 5.92 Å². The number of aromatic nitrogens is 4. The van der Waals surface area contributed by atoms with Crippen LogP contribution in [0.4, 0.5) is 5.00 Å². The summed E-state index contributed by atoms with van der Waals surface area (Å²) in [5.74, 6) is -1.28. The SMILES string of the molecule is CCOC(=O)c1c(NC(=O)[C@@H](C)OC(=O)c2nc3nccc(C)n3n2)sc2c1CC[C@H](C)C2. The molecule has 2 atom stereocenters. The third-order valence-corrected chi connectivity index (χ3v) is 6.66. The Morgan fingerprint density at radius 3 is 2.85 bits per heavy atom. The van der Waals surface area contributed by atoms with Crippen LogP contribution in [0.1, 0.15) is 64.3 Å². The van der Waals surface area contributed by atoms with E-state index >= 15 is 0 Å². The molecule has 174 valence electrons. The molecular weight excluding hydrogens is 446 g/mol. The van der Waals surface area contributed by atoms with Gasteiger partial charge in [-0.05, 0) is 57.6 Å². The van der Waals surface area contributed by atoms with E-state index in [9.17, 15) is 14.4 Å². The van der Waals surface area contributed by atoms with Gasteiger partial charge in [0.05, 0.1) is 12.2 Å². The van der Waals surface area contributed by atoms with Crippen LogP contribution in [-0.2, 0) is 27.1 Å². The number of thiophene rings is 1. The van der Waals surface area contributed by atoms with Gasteiger partial charge in [-0.25, -0.2) is 19.1 Å². The zero-order chi connectivity index (χ0) is 23.7. The van der Waals surface area contributed by atoms with Crippen molar-refractivity contribution in [3.63, 3.8) is 0 Å². The summed E-state index contributed by atoms with van der Waals surface area (Å²) in [4.78, 5) is 47.1. The molecule has 0 aromatic carbocycles. The topological polar surface area (TPSA) is 125 Å². The van der Waals surface area contributed by atoms with Crippen LogP contribution in [0, 0.1) is 12.8 Å². The van der Waals surface area contributed by atoms with Crippen LogP contribution in [0.5, 0.6) is 0 Å². The highest BCUT2D eigenvalue weighted by molar-refractivity contribution is 7.17. The fraction of sp³-hybridized carbons (Fsp3) is 0.455. The lowest BCUT2D eigenvalue weighted by Gasteiger charge is -2.18. The first-order valence-electron chi connectivity index (χ1n) is 10.8. The van der Waals surface area contributed by atoms with E-state index < -0.39 is 23.9 Å². The predicted octanol–water partition coefficient (Wildman–Crippen LogP) is 2.98. The molecule has 3 heterocycles. The van der Waals surface area contributed by atoms with E-state index in [0.29, 0.717) is 16.5 Å². The number of nitrogens with zero attached hydrogens (tertiary/aromatic N) is 4. The second-order valence-corrected chi connectivity index (χ2v) is 9.15. The summed E-state index contributed by atoms with van der Waals surface area (Å²) in [6.45, 7) is 7.39. The number of fused-ring (bicyclic) bond motifs is 2. The van der Waals surface area contributed by atoms with Crippen LogP contribution >= 0.6 is 11.3 Å². The van der Waals surface area contributed by atoms with Gasteiger partial charge in [0.25, 0.3) is 17.5 Å². The second-order valence-electron chi connectivity index (χ2n) is 8.05. The third kappa shape index (κ3) is 4.58. The highest BCUT2D eigenvalue weighted by atomic mass is 32.1. The summed E-state index contributed by atoms with van der Waals surface area (Å²) in [6, 6.07) is 1.73. The number of hydrogen-bond acceptors (Lipinski definition) is 9. The second kappa shape index (κ2) is 9.26. The average molecular weight is 472 g/mol. The Morgan fingerprint density at radius 2 is 2.12 bits per heavy atom. The van der Waals surface area contributed by atoms with Gasteiger partial charge in [-0.2, -0.15) is 4.98 Å². The van der Waals surface area contributed by atoms with Crippen molar-refractivity contribution in [2.45, 2.75) is 53.1 Å². The molecule has 0 aliphatic heterocycles. The van der Waals surface area contributed by atoms with Crippen molar-refractivity contribution in [1.29, 1.82) is 0 Å². The van der Waals surface area contributed by atoms with Gasteiger partial charge >= 0.3 is 11.9 Å². The first kappa shape index (κ1) is 22.8. The summed E-state index contributed by atoms with van der Waals surface area (Å²) in [5.41, 5.74) is 2.09. The molecule has 1 aliphatic rings. The number of aryl methyl sites for hydroxylation is 1. The molecule has 1 aliphatic carbocycles. The van der Waals surface area contributed by atoms with Crippen molar-refractivity contribution in [1.82, 2.24) is 19.6 Å². The molecule has 0 radical (unpaired) electrons. The molecule has 0 saturated carbocycles. The predicted molar refractivity (Wildman–Crippen MR) is 120 cm³/mol. The van der Waals surface area contributed by atoms with Crippen molar-refractivity contribution in [2.75, 3.05) is 11.9 Å². The van der Waals surface area contributed by atoms with E-state index in [2.05, 4.69) is 27.3 Å². The molecule has 11 heteroatoms. The molecule has 1 amide bonds. The van der Waals surface area contributed by atoms with Gasteiger partial charge in [0.2, 0.25) is 0 Å². The van der Waals surface area contributed by atoms with E-state index in [0.717, 1.165) is 35.4 Å². The summed E-state index contributed by atoms with van der Waals surface area (Å²) in [6.07, 6.45) is 3.01. The maximum Gasteiger partial charge on any atom is 0.379 e. The molecule has 0 unspecified atom stereocenters. The molecule has 0 bridgehead atoms. The van der Waals surface area contributed by atoms with Gasteiger partial charge < -0.3 is 14.8 Å². The largest absolute Gasteiger partial charge is 0.462 e. The normalized spacial score (nSPS) is 16.2. The van der Waals surface area contributed by atoms with Gasteiger partial charge in [0.15, 0.2) is 6.10 Å². The van der Waals surface area contributed by atoms with Crippen LogP contribution < -0.4 is 5.32 Å². The van der Waals surface area contributed by atoms with E-state index in [1.54, 1.807) is 26.1 Å². The van der Waals surface area contributed by atoms with Crippen LogP contribution in [0.2, 0.25) is 0 Å². The van der Waals surface area contributed by atoms with Crippen LogP contribution in [0.3, 0.4) is 0 Å².